The highest BCUT2D eigenvalue weighted by Crippen LogP contribution is 2.23. The van der Waals surface area contributed by atoms with Gasteiger partial charge < -0.3 is 10.3 Å². The van der Waals surface area contributed by atoms with Crippen molar-refractivity contribution >= 4 is 0 Å². The van der Waals surface area contributed by atoms with Gasteiger partial charge in [0.25, 0.3) is 0 Å². The number of benzene rings is 1. The zero-order chi connectivity index (χ0) is 13.0. The standard InChI is InChI=1S/C14H20N4/c1-3-9-18-13(10-15)16-17-14(18)12-8-6-5-7-11(12)4-2/h5-8H,3-4,9-10,15H2,1-2H3. The first-order chi connectivity index (χ1) is 8.81. The molecule has 4 nitrogen and oxygen atoms in total. The molecule has 0 spiro atoms. The fourth-order valence-corrected chi connectivity index (χ4v) is 2.19. The zero-order valence-corrected chi connectivity index (χ0v) is 11.1. The van der Waals surface area contributed by atoms with E-state index < -0.39 is 0 Å². The summed E-state index contributed by atoms with van der Waals surface area (Å²) in [6, 6.07) is 8.35. The lowest BCUT2D eigenvalue weighted by Gasteiger charge is -2.10. The Bertz CT molecular complexity index is 516. The van der Waals surface area contributed by atoms with Crippen LogP contribution in [0.4, 0.5) is 0 Å². The van der Waals surface area contributed by atoms with Crippen LogP contribution in [0.25, 0.3) is 11.4 Å². The van der Waals surface area contributed by atoms with E-state index in [2.05, 4.69) is 46.8 Å². The van der Waals surface area contributed by atoms with Crippen molar-refractivity contribution in [2.24, 2.45) is 5.73 Å². The predicted molar refractivity (Wildman–Crippen MR) is 73.0 cm³/mol. The van der Waals surface area contributed by atoms with Gasteiger partial charge in [-0.1, -0.05) is 38.1 Å². The van der Waals surface area contributed by atoms with Gasteiger partial charge in [-0.2, -0.15) is 0 Å². The molecule has 0 saturated heterocycles. The second-order valence-corrected chi connectivity index (χ2v) is 4.31. The molecule has 1 aromatic carbocycles. The Labute approximate surface area is 108 Å². The highest BCUT2D eigenvalue weighted by molar-refractivity contribution is 5.60. The van der Waals surface area contributed by atoms with Gasteiger partial charge in [-0.05, 0) is 18.4 Å². The molecule has 0 radical (unpaired) electrons. The summed E-state index contributed by atoms with van der Waals surface area (Å²) in [5.41, 5.74) is 8.18. The Morgan fingerprint density at radius 1 is 1.17 bits per heavy atom. The minimum absolute atomic E-state index is 0.432. The molecule has 1 heterocycles. The summed E-state index contributed by atoms with van der Waals surface area (Å²) in [6.45, 7) is 5.65. The number of aromatic nitrogens is 3. The summed E-state index contributed by atoms with van der Waals surface area (Å²) in [6.07, 6.45) is 2.04. The minimum Gasteiger partial charge on any atom is -0.324 e. The molecular formula is C14H20N4. The molecule has 0 fully saturated rings. The van der Waals surface area contributed by atoms with Crippen LogP contribution < -0.4 is 5.73 Å². The van der Waals surface area contributed by atoms with Crippen molar-refractivity contribution in [2.45, 2.75) is 39.8 Å². The van der Waals surface area contributed by atoms with Gasteiger partial charge in [0.15, 0.2) is 5.82 Å². The average Bonchev–Trinajstić information content (AvgIpc) is 2.82. The van der Waals surface area contributed by atoms with E-state index in [4.69, 9.17) is 5.73 Å². The van der Waals surface area contributed by atoms with E-state index in [0.717, 1.165) is 31.0 Å². The van der Waals surface area contributed by atoms with Gasteiger partial charge in [0.1, 0.15) is 5.82 Å². The van der Waals surface area contributed by atoms with Crippen molar-refractivity contribution in [2.75, 3.05) is 0 Å². The highest BCUT2D eigenvalue weighted by atomic mass is 15.3. The second kappa shape index (κ2) is 5.78. The molecule has 0 bridgehead atoms. The Hall–Kier alpha value is -1.68. The van der Waals surface area contributed by atoms with Crippen LogP contribution >= 0.6 is 0 Å². The Kier molecular flexibility index (Phi) is 4.10. The molecule has 0 saturated carbocycles. The van der Waals surface area contributed by atoms with Gasteiger partial charge in [0.2, 0.25) is 0 Å². The molecule has 2 aromatic rings. The van der Waals surface area contributed by atoms with Crippen LogP contribution in [0.15, 0.2) is 24.3 Å². The Balaban J connectivity index is 2.52. The van der Waals surface area contributed by atoms with Crippen molar-refractivity contribution in [1.82, 2.24) is 14.8 Å². The summed E-state index contributed by atoms with van der Waals surface area (Å²) in [5.74, 6) is 1.80. The maximum absolute atomic E-state index is 5.72. The molecule has 4 heteroatoms. The van der Waals surface area contributed by atoms with Gasteiger partial charge in [-0.3, -0.25) is 0 Å². The monoisotopic (exact) mass is 244 g/mol. The summed E-state index contributed by atoms with van der Waals surface area (Å²) in [7, 11) is 0. The predicted octanol–water partition coefficient (Wildman–Crippen LogP) is 2.38. The Morgan fingerprint density at radius 2 is 1.94 bits per heavy atom. The maximum Gasteiger partial charge on any atom is 0.164 e. The number of rotatable bonds is 5. The first kappa shape index (κ1) is 12.8. The quantitative estimate of drug-likeness (QED) is 0.878. The average molecular weight is 244 g/mol. The van der Waals surface area contributed by atoms with E-state index in [1.807, 2.05) is 6.07 Å². The van der Waals surface area contributed by atoms with Crippen LogP contribution in [0.5, 0.6) is 0 Å². The lowest BCUT2D eigenvalue weighted by molar-refractivity contribution is 0.643. The van der Waals surface area contributed by atoms with Crippen molar-refractivity contribution in [3.05, 3.63) is 35.7 Å². The first-order valence-electron chi connectivity index (χ1n) is 6.52. The lowest BCUT2D eigenvalue weighted by atomic mass is 10.0. The molecule has 0 amide bonds. The number of aryl methyl sites for hydroxylation is 1. The van der Waals surface area contributed by atoms with Crippen LogP contribution in [-0.2, 0) is 19.5 Å². The third kappa shape index (κ3) is 2.29. The third-order valence-electron chi connectivity index (χ3n) is 3.10. The van der Waals surface area contributed by atoms with Crippen LogP contribution in [0.2, 0.25) is 0 Å². The van der Waals surface area contributed by atoms with Crippen LogP contribution in [0.1, 0.15) is 31.7 Å². The molecular weight excluding hydrogens is 224 g/mol. The molecule has 0 atom stereocenters. The zero-order valence-electron chi connectivity index (χ0n) is 11.1. The molecule has 0 aliphatic heterocycles. The fraction of sp³-hybridized carbons (Fsp3) is 0.429. The van der Waals surface area contributed by atoms with Gasteiger partial charge in [-0.25, -0.2) is 0 Å². The van der Waals surface area contributed by atoms with Crippen molar-refractivity contribution < 1.29 is 0 Å². The largest absolute Gasteiger partial charge is 0.324 e. The molecule has 96 valence electrons. The van der Waals surface area contributed by atoms with E-state index in [9.17, 15) is 0 Å². The van der Waals surface area contributed by atoms with Gasteiger partial charge in [-0.15, -0.1) is 10.2 Å². The molecule has 1 aromatic heterocycles. The number of hydrogen-bond acceptors (Lipinski definition) is 3. The smallest absolute Gasteiger partial charge is 0.164 e. The van der Waals surface area contributed by atoms with Crippen molar-refractivity contribution in [1.29, 1.82) is 0 Å². The number of nitrogens with zero attached hydrogens (tertiary/aromatic N) is 3. The molecule has 0 unspecified atom stereocenters. The highest BCUT2D eigenvalue weighted by Gasteiger charge is 2.14. The second-order valence-electron chi connectivity index (χ2n) is 4.31. The van der Waals surface area contributed by atoms with E-state index in [0.29, 0.717) is 6.54 Å². The molecule has 2 rings (SSSR count). The summed E-state index contributed by atoms with van der Waals surface area (Å²) in [4.78, 5) is 0. The fourth-order valence-electron chi connectivity index (χ4n) is 2.19. The molecule has 2 N–H and O–H groups in total. The third-order valence-corrected chi connectivity index (χ3v) is 3.10. The van der Waals surface area contributed by atoms with Crippen LogP contribution in [0, 0.1) is 0 Å². The van der Waals surface area contributed by atoms with Crippen LogP contribution in [-0.4, -0.2) is 14.8 Å². The Morgan fingerprint density at radius 3 is 2.61 bits per heavy atom. The lowest BCUT2D eigenvalue weighted by Crippen LogP contribution is -2.09. The van der Waals surface area contributed by atoms with E-state index in [1.54, 1.807) is 0 Å². The maximum atomic E-state index is 5.72. The van der Waals surface area contributed by atoms with E-state index in [-0.39, 0.29) is 0 Å². The summed E-state index contributed by atoms with van der Waals surface area (Å²) in [5, 5.41) is 8.51. The van der Waals surface area contributed by atoms with Crippen molar-refractivity contribution in [3.8, 4) is 11.4 Å². The first-order valence-corrected chi connectivity index (χ1v) is 6.52. The molecule has 0 aliphatic carbocycles. The minimum atomic E-state index is 0.432. The number of nitrogens with two attached hydrogens (primary N) is 1. The van der Waals surface area contributed by atoms with E-state index >= 15 is 0 Å². The van der Waals surface area contributed by atoms with Gasteiger partial charge in [0.05, 0.1) is 6.54 Å². The molecule has 18 heavy (non-hydrogen) atoms. The van der Waals surface area contributed by atoms with Crippen molar-refractivity contribution in [3.63, 3.8) is 0 Å². The molecule has 0 aliphatic rings. The van der Waals surface area contributed by atoms with Crippen LogP contribution in [0.3, 0.4) is 0 Å². The van der Waals surface area contributed by atoms with Gasteiger partial charge in [0, 0.05) is 12.1 Å². The summed E-state index contributed by atoms with van der Waals surface area (Å²) < 4.78 is 2.13. The van der Waals surface area contributed by atoms with E-state index in [1.165, 1.54) is 11.1 Å². The summed E-state index contributed by atoms with van der Waals surface area (Å²) >= 11 is 0. The van der Waals surface area contributed by atoms with Gasteiger partial charge >= 0.3 is 0 Å². The normalized spacial score (nSPS) is 10.8. The SMILES string of the molecule is CCCn1c(CN)nnc1-c1ccccc1CC. The topological polar surface area (TPSA) is 56.7 Å². The number of hydrogen-bond donors (Lipinski definition) is 1.